The van der Waals surface area contributed by atoms with Crippen molar-refractivity contribution < 1.29 is 14.6 Å². The molecule has 0 saturated heterocycles. The maximum atomic E-state index is 12.3. The fraction of sp³-hybridized carbons (Fsp3) is 0.562. The number of aliphatic hydroxyl groups is 1. The topological polar surface area (TPSA) is 58.6 Å². The second-order valence-electron chi connectivity index (χ2n) is 5.49. The molecule has 1 aromatic rings. The van der Waals surface area contributed by atoms with E-state index in [9.17, 15) is 9.90 Å². The number of methoxy groups -OCH3 is 1. The van der Waals surface area contributed by atoms with Crippen LogP contribution in [0, 0.1) is 12.8 Å². The lowest BCUT2D eigenvalue weighted by atomic mass is 9.85. The normalized spacial score (nSPS) is 22.4. The smallest absolute Gasteiger partial charge is 0.251 e. The summed E-state index contributed by atoms with van der Waals surface area (Å²) in [5, 5.41) is 12.4. The van der Waals surface area contributed by atoms with Gasteiger partial charge in [-0.25, -0.2) is 0 Å². The summed E-state index contributed by atoms with van der Waals surface area (Å²) in [4.78, 5) is 12.3. The van der Waals surface area contributed by atoms with Crippen LogP contribution in [0.4, 0.5) is 0 Å². The fourth-order valence-corrected chi connectivity index (χ4v) is 2.83. The van der Waals surface area contributed by atoms with Crippen molar-refractivity contribution in [3.63, 3.8) is 0 Å². The van der Waals surface area contributed by atoms with Gasteiger partial charge in [0.15, 0.2) is 0 Å². The molecule has 2 unspecified atom stereocenters. The van der Waals surface area contributed by atoms with Gasteiger partial charge in [-0.3, -0.25) is 4.79 Å². The van der Waals surface area contributed by atoms with Crippen LogP contribution in [-0.4, -0.2) is 30.8 Å². The molecule has 1 fully saturated rings. The zero-order chi connectivity index (χ0) is 14.5. The largest absolute Gasteiger partial charge is 0.496 e. The monoisotopic (exact) mass is 277 g/mol. The molecule has 0 spiro atoms. The van der Waals surface area contributed by atoms with Crippen molar-refractivity contribution in [2.24, 2.45) is 5.92 Å². The first-order chi connectivity index (χ1) is 9.65. The number of nitrogens with one attached hydrogen (secondary N) is 1. The average molecular weight is 277 g/mol. The zero-order valence-corrected chi connectivity index (χ0v) is 12.2. The Bertz CT molecular complexity index is 473. The highest BCUT2D eigenvalue weighted by Crippen LogP contribution is 2.25. The van der Waals surface area contributed by atoms with Gasteiger partial charge in [-0.05, 0) is 37.5 Å². The van der Waals surface area contributed by atoms with Crippen LogP contribution in [0.1, 0.15) is 41.6 Å². The average Bonchev–Trinajstić information content (AvgIpc) is 2.48. The summed E-state index contributed by atoms with van der Waals surface area (Å²) in [5.41, 5.74) is 1.62. The van der Waals surface area contributed by atoms with Crippen molar-refractivity contribution in [1.29, 1.82) is 0 Å². The van der Waals surface area contributed by atoms with Crippen molar-refractivity contribution >= 4 is 5.91 Å². The molecular weight excluding hydrogens is 254 g/mol. The third-order valence-corrected chi connectivity index (χ3v) is 4.13. The number of hydrogen-bond acceptors (Lipinski definition) is 3. The lowest BCUT2D eigenvalue weighted by molar-refractivity contribution is 0.0872. The molecule has 0 bridgehead atoms. The van der Waals surface area contributed by atoms with Crippen LogP contribution in [0.3, 0.4) is 0 Å². The summed E-state index contributed by atoms with van der Waals surface area (Å²) < 4.78 is 5.25. The van der Waals surface area contributed by atoms with Gasteiger partial charge in [0, 0.05) is 24.1 Å². The second kappa shape index (κ2) is 6.75. The van der Waals surface area contributed by atoms with E-state index in [4.69, 9.17) is 4.74 Å². The van der Waals surface area contributed by atoms with E-state index in [2.05, 4.69) is 5.32 Å². The maximum absolute atomic E-state index is 12.3. The van der Waals surface area contributed by atoms with Gasteiger partial charge in [0.2, 0.25) is 0 Å². The Morgan fingerprint density at radius 1 is 1.40 bits per heavy atom. The zero-order valence-electron chi connectivity index (χ0n) is 12.2. The predicted molar refractivity (Wildman–Crippen MR) is 78.0 cm³/mol. The van der Waals surface area contributed by atoms with Crippen LogP contribution in [0.25, 0.3) is 0 Å². The Kier molecular flexibility index (Phi) is 5.01. The summed E-state index contributed by atoms with van der Waals surface area (Å²) in [6.45, 7) is 2.09. The van der Waals surface area contributed by atoms with Crippen molar-refractivity contribution in [1.82, 2.24) is 5.32 Å². The third-order valence-electron chi connectivity index (χ3n) is 4.13. The molecule has 2 N–H and O–H groups in total. The summed E-state index contributed by atoms with van der Waals surface area (Å²) in [5.74, 6) is 0.814. The first-order valence-electron chi connectivity index (χ1n) is 7.22. The summed E-state index contributed by atoms with van der Waals surface area (Å²) >= 11 is 0. The van der Waals surface area contributed by atoms with E-state index in [1.807, 2.05) is 19.1 Å². The molecule has 1 aliphatic carbocycles. The minimum absolute atomic E-state index is 0.0774. The Labute approximate surface area is 120 Å². The summed E-state index contributed by atoms with van der Waals surface area (Å²) in [6.07, 6.45) is 4.17. The van der Waals surface area contributed by atoms with E-state index in [0.717, 1.165) is 37.0 Å². The van der Waals surface area contributed by atoms with E-state index in [1.54, 1.807) is 13.2 Å². The molecule has 4 nitrogen and oxygen atoms in total. The van der Waals surface area contributed by atoms with Gasteiger partial charge >= 0.3 is 0 Å². The molecule has 2 rings (SSSR count). The Balaban J connectivity index is 2.07. The van der Waals surface area contributed by atoms with E-state index < -0.39 is 0 Å². The molecule has 2 atom stereocenters. The number of benzene rings is 1. The highest BCUT2D eigenvalue weighted by Gasteiger charge is 2.26. The second-order valence-corrected chi connectivity index (χ2v) is 5.49. The minimum atomic E-state index is -0.0892. The molecule has 0 aliphatic heterocycles. The molecule has 0 heterocycles. The van der Waals surface area contributed by atoms with Crippen LogP contribution >= 0.6 is 0 Å². The standard InChI is InChI=1S/C16H23NO3/c1-11-7-8-12(9-15(11)20-2)16(19)17-14-6-4-3-5-13(14)10-18/h7-9,13-14,18H,3-6,10H2,1-2H3,(H,17,19). The molecule has 1 amide bonds. The SMILES string of the molecule is COc1cc(C(=O)NC2CCCCC2CO)ccc1C. The lowest BCUT2D eigenvalue weighted by Crippen LogP contribution is -2.43. The van der Waals surface area contributed by atoms with Gasteiger partial charge in [-0.1, -0.05) is 18.9 Å². The number of hydrogen-bond donors (Lipinski definition) is 2. The van der Waals surface area contributed by atoms with Gasteiger partial charge in [-0.2, -0.15) is 0 Å². The van der Waals surface area contributed by atoms with Crippen LogP contribution in [0.15, 0.2) is 18.2 Å². The molecule has 110 valence electrons. The van der Waals surface area contributed by atoms with Crippen molar-refractivity contribution in [3.8, 4) is 5.75 Å². The summed E-state index contributed by atoms with van der Waals surface area (Å²) in [6, 6.07) is 5.54. The van der Waals surface area contributed by atoms with Gasteiger partial charge in [-0.15, -0.1) is 0 Å². The first-order valence-corrected chi connectivity index (χ1v) is 7.22. The molecule has 1 aromatic carbocycles. The number of aliphatic hydroxyl groups excluding tert-OH is 1. The number of carbonyl (C=O) groups is 1. The van der Waals surface area contributed by atoms with E-state index in [-0.39, 0.29) is 24.5 Å². The molecule has 20 heavy (non-hydrogen) atoms. The molecule has 0 radical (unpaired) electrons. The van der Waals surface area contributed by atoms with Crippen molar-refractivity contribution in [2.75, 3.05) is 13.7 Å². The maximum Gasteiger partial charge on any atom is 0.251 e. The Morgan fingerprint density at radius 3 is 2.85 bits per heavy atom. The van der Waals surface area contributed by atoms with Gasteiger partial charge in [0.05, 0.1) is 7.11 Å². The number of ether oxygens (including phenoxy) is 1. The highest BCUT2D eigenvalue weighted by molar-refractivity contribution is 5.94. The van der Waals surface area contributed by atoms with Crippen LogP contribution in [0.5, 0.6) is 5.75 Å². The van der Waals surface area contributed by atoms with E-state index in [0.29, 0.717) is 5.56 Å². The highest BCUT2D eigenvalue weighted by atomic mass is 16.5. The van der Waals surface area contributed by atoms with Crippen molar-refractivity contribution in [3.05, 3.63) is 29.3 Å². The molecular formula is C16H23NO3. The predicted octanol–water partition coefficient (Wildman–Crippen LogP) is 2.28. The van der Waals surface area contributed by atoms with Crippen molar-refractivity contribution in [2.45, 2.75) is 38.6 Å². The Hall–Kier alpha value is -1.55. The third kappa shape index (κ3) is 3.31. The van der Waals surface area contributed by atoms with E-state index >= 15 is 0 Å². The van der Waals surface area contributed by atoms with Gasteiger partial charge < -0.3 is 15.2 Å². The lowest BCUT2D eigenvalue weighted by Gasteiger charge is -2.30. The molecule has 1 saturated carbocycles. The van der Waals surface area contributed by atoms with Crippen LogP contribution in [0.2, 0.25) is 0 Å². The number of aryl methyl sites for hydroxylation is 1. The molecule has 1 aliphatic rings. The minimum Gasteiger partial charge on any atom is -0.496 e. The number of amides is 1. The molecule has 0 aromatic heterocycles. The molecule has 4 heteroatoms. The fourth-order valence-electron chi connectivity index (χ4n) is 2.83. The van der Waals surface area contributed by atoms with Gasteiger partial charge in [0.25, 0.3) is 5.91 Å². The summed E-state index contributed by atoms with van der Waals surface area (Å²) in [7, 11) is 1.60. The van der Waals surface area contributed by atoms with Crippen LogP contribution in [-0.2, 0) is 0 Å². The number of rotatable bonds is 4. The van der Waals surface area contributed by atoms with Crippen LogP contribution < -0.4 is 10.1 Å². The van der Waals surface area contributed by atoms with Gasteiger partial charge in [0.1, 0.15) is 5.75 Å². The Morgan fingerprint density at radius 2 is 2.15 bits per heavy atom. The first kappa shape index (κ1) is 14.9. The van der Waals surface area contributed by atoms with E-state index in [1.165, 1.54) is 0 Å². The quantitative estimate of drug-likeness (QED) is 0.887. The number of carbonyl (C=O) groups excluding carboxylic acids is 1.